The average Bonchev–Trinajstić information content (AvgIpc) is 2.43. The van der Waals surface area contributed by atoms with Crippen molar-refractivity contribution in [3.63, 3.8) is 0 Å². The van der Waals surface area contributed by atoms with E-state index < -0.39 is 0 Å². The molecule has 2 heterocycles. The summed E-state index contributed by atoms with van der Waals surface area (Å²) in [6.45, 7) is 13.5. The standard InChI is InChI=1S/C17H29N3O/c1-6-16-7-15(9-18-12(2)3)8-17(19-16)20-10-13(4)21-14(5)11-20/h7-8,12-14,18H,6,9-11H2,1-5H3. The number of aromatic nitrogens is 1. The normalized spacial score (nSPS) is 22.9. The van der Waals surface area contributed by atoms with Crippen molar-refractivity contribution >= 4 is 5.82 Å². The van der Waals surface area contributed by atoms with Crippen molar-refractivity contribution in [3.05, 3.63) is 23.4 Å². The first kappa shape index (κ1) is 16.2. The van der Waals surface area contributed by atoms with Crippen LogP contribution in [0.4, 0.5) is 5.82 Å². The first-order chi connectivity index (χ1) is 9.97. The molecule has 1 N–H and O–H groups in total. The van der Waals surface area contributed by atoms with Gasteiger partial charge in [0.15, 0.2) is 0 Å². The van der Waals surface area contributed by atoms with Crippen LogP contribution in [0.1, 0.15) is 45.9 Å². The van der Waals surface area contributed by atoms with Crippen LogP contribution in [-0.2, 0) is 17.7 Å². The number of morpholine rings is 1. The van der Waals surface area contributed by atoms with Crippen LogP contribution in [0.15, 0.2) is 12.1 Å². The minimum absolute atomic E-state index is 0.262. The van der Waals surface area contributed by atoms with Crippen LogP contribution >= 0.6 is 0 Å². The first-order valence-corrected chi connectivity index (χ1v) is 8.11. The molecule has 2 unspecified atom stereocenters. The zero-order chi connectivity index (χ0) is 15.4. The predicted molar refractivity (Wildman–Crippen MR) is 87.8 cm³/mol. The predicted octanol–water partition coefficient (Wildman–Crippen LogP) is 2.76. The highest BCUT2D eigenvalue weighted by atomic mass is 16.5. The second-order valence-electron chi connectivity index (χ2n) is 6.38. The number of ether oxygens (including phenoxy) is 1. The lowest BCUT2D eigenvalue weighted by molar-refractivity contribution is -0.00547. The molecule has 0 bridgehead atoms. The molecule has 4 nitrogen and oxygen atoms in total. The van der Waals surface area contributed by atoms with Gasteiger partial charge in [-0.15, -0.1) is 0 Å². The Morgan fingerprint density at radius 1 is 1.29 bits per heavy atom. The molecule has 1 saturated heterocycles. The second kappa shape index (κ2) is 7.23. The molecule has 1 aromatic heterocycles. The number of hydrogen-bond donors (Lipinski definition) is 1. The summed E-state index contributed by atoms with van der Waals surface area (Å²) in [5.74, 6) is 1.09. The number of rotatable bonds is 5. The van der Waals surface area contributed by atoms with E-state index in [9.17, 15) is 0 Å². The first-order valence-electron chi connectivity index (χ1n) is 8.11. The van der Waals surface area contributed by atoms with E-state index in [0.717, 1.165) is 31.9 Å². The molecule has 0 aromatic carbocycles. The molecule has 2 rings (SSSR count). The zero-order valence-corrected chi connectivity index (χ0v) is 14.0. The highest BCUT2D eigenvalue weighted by molar-refractivity contribution is 5.43. The van der Waals surface area contributed by atoms with Gasteiger partial charge in [-0.3, -0.25) is 0 Å². The highest BCUT2D eigenvalue weighted by Gasteiger charge is 2.23. The van der Waals surface area contributed by atoms with Gasteiger partial charge in [-0.1, -0.05) is 20.8 Å². The minimum atomic E-state index is 0.262. The Morgan fingerprint density at radius 2 is 1.95 bits per heavy atom. The summed E-state index contributed by atoms with van der Waals surface area (Å²) in [7, 11) is 0. The lowest BCUT2D eigenvalue weighted by atomic mass is 10.1. The Morgan fingerprint density at radius 3 is 2.52 bits per heavy atom. The molecule has 0 spiro atoms. The SMILES string of the molecule is CCc1cc(CNC(C)C)cc(N2CC(C)OC(C)C2)n1. The highest BCUT2D eigenvalue weighted by Crippen LogP contribution is 2.21. The van der Waals surface area contributed by atoms with Crippen molar-refractivity contribution < 1.29 is 4.74 Å². The summed E-state index contributed by atoms with van der Waals surface area (Å²) < 4.78 is 5.82. The monoisotopic (exact) mass is 291 g/mol. The summed E-state index contributed by atoms with van der Waals surface area (Å²) in [6.07, 6.45) is 1.49. The molecule has 0 radical (unpaired) electrons. The fourth-order valence-corrected chi connectivity index (χ4v) is 2.77. The van der Waals surface area contributed by atoms with E-state index in [4.69, 9.17) is 9.72 Å². The van der Waals surface area contributed by atoms with Gasteiger partial charge in [0.05, 0.1) is 12.2 Å². The van der Waals surface area contributed by atoms with Gasteiger partial charge >= 0.3 is 0 Å². The van der Waals surface area contributed by atoms with Gasteiger partial charge in [-0.2, -0.15) is 0 Å². The van der Waals surface area contributed by atoms with Crippen molar-refractivity contribution in [1.82, 2.24) is 10.3 Å². The van der Waals surface area contributed by atoms with Gasteiger partial charge in [-0.25, -0.2) is 4.98 Å². The van der Waals surface area contributed by atoms with Crippen molar-refractivity contribution in [3.8, 4) is 0 Å². The molecule has 1 fully saturated rings. The van der Waals surface area contributed by atoms with E-state index in [0.29, 0.717) is 6.04 Å². The fraction of sp³-hybridized carbons (Fsp3) is 0.706. The lowest BCUT2D eigenvalue weighted by Gasteiger charge is -2.36. The fourth-order valence-electron chi connectivity index (χ4n) is 2.77. The van der Waals surface area contributed by atoms with Crippen LogP contribution in [0.2, 0.25) is 0 Å². The van der Waals surface area contributed by atoms with Crippen molar-refractivity contribution in [1.29, 1.82) is 0 Å². The van der Waals surface area contributed by atoms with Crippen LogP contribution < -0.4 is 10.2 Å². The third-order valence-electron chi connectivity index (χ3n) is 3.74. The number of hydrogen-bond acceptors (Lipinski definition) is 4. The van der Waals surface area contributed by atoms with Crippen molar-refractivity contribution in [2.75, 3.05) is 18.0 Å². The topological polar surface area (TPSA) is 37.4 Å². The van der Waals surface area contributed by atoms with Crippen LogP contribution in [-0.4, -0.2) is 36.3 Å². The minimum Gasteiger partial charge on any atom is -0.372 e. The van der Waals surface area contributed by atoms with Crippen LogP contribution in [0.3, 0.4) is 0 Å². The average molecular weight is 291 g/mol. The zero-order valence-electron chi connectivity index (χ0n) is 14.0. The van der Waals surface area contributed by atoms with Crippen LogP contribution in [0, 0.1) is 0 Å². The molecule has 21 heavy (non-hydrogen) atoms. The second-order valence-corrected chi connectivity index (χ2v) is 6.38. The van der Waals surface area contributed by atoms with Crippen LogP contribution in [0.25, 0.3) is 0 Å². The molecular weight excluding hydrogens is 262 g/mol. The number of anilines is 1. The summed E-state index contributed by atoms with van der Waals surface area (Å²) in [4.78, 5) is 7.17. The molecule has 1 aliphatic rings. The molecule has 1 aromatic rings. The Balaban J connectivity index is 2.19. The van der Waals surface area contributed by atoms with E-state index in [1.165, 1.54) is 11.3 Å². The maximum Gasteiger partial charge on any atom is 0.129 e. The van der Waals surface area contributed by atoms with Gasteiger partial charge in [0.1, 0.15) is 5.82 Å². The quantitative estimate of drug-likeness (QED) is 0.905. The molecule has 0 aliphatic carbocycles. The van der Waals surface area contributed by atoms with Gasteiger partial charge in [-0.05, 0) is 38.0 Å². The van der Waals surface area contributed by atoms with E-state index in [2.05, 4.69) is 57.0 Å². The number of nitrogens with zero attached hydrogens (tertiary/aromatic N) is 2. The van der Waals surface area contributed by atoms with E-state index >= 15 is 0 Å². The Bertz CT molecular complexity index is 451. The Kier molecular flexibility index (Phi) is 5.59. The van der Waals surface area contributed by atoms with E-state index in [-0.39, 0.29) is 12.2 Å². The third-order valence-corrected chi connectivity index (χ3v) is 3.74. The van der Waals surface area contributed by atoms with E-state index in [1.807, 2.05) is 0 Å². The molecule has 118 valence electrons. The van der Waals surface area contributed by atoms with Crippen LogP contribution in [0.5, 0.6) is 0 Å². The van der Waals surface area contributed by atoms with Gasteiger partial charge in [0.2, 0.25) is 0 Å². The Labute approximate surface area is 128 Å². The summed E-state index contributed by atoms with van der Waals surface area (Å²) in [6, 6.07) is 4.93. The molecule has 1 aliphatic heterocycles. The molecule has 2 atom stereocenters. The number of aryl methyl sites for hydroxylation is 1. The largest absolute Gasteiger partial charge is 0.372 e. The van der Waals surface area contributed by atoms with E-state index in [1.54, 1.807) is 0 Å². The molecule has 4 heteroatoms. The third kappa shape index (κ3) is 4.68. The van der Waals surface area contributed by atoms with Gasteiger partial charge in [0.25, 0.3) is 0 Å². The maximum absolute atomic E-state index is 5.82. The lowest BCUT2D eigenvalue weighted by Crippen LogP contribution is -2.46. The van der Waals surface area contributed by atoms with Gasteiger partial charge in [0, 0.05) is 31.4 Å². The summed E-state index contributed by atoms with van der Waals surface area (Å²) in [5.41, 5.74) is 2.48. The molecular formula is C17H29N3O. The number of pyridine rings is 1. The molecule has 0 saturated carbocycles. The molecule has 0 amide bonds. The smallest absolute Gasteiger partial charge is 0.129 e. The van der Waals surface area contributed by atoms with Crippen molar-refractivity contribution in [2.24, 2.45) is 0 Å². The summed E-state index contributed by atoms with van der Waals surface area (Å²) >= 11 is 0. The summed E-state index contributed by atoms with van der Waals surface area (Å²) in [5, 5.41) is 3.49. The Hall–Kier alpha value is -1.13. The van der Waals surface area contributed by atoms with Gasteiger partial charge < -0.3 is 15.0 Å². The van der Waals surface area contributed by atoms with Crippen molar-refractivity contribution in [2.45, 2.75) is 65.8 Å². The number of nitrogens with one attached hydrogen (secondary N) is 1. The maximum atomic E-state index is 5.82.